The summed E-state index contributed by atoms with van der Waals surface area (Å²) in [6.45, 7) is 3.45. The van der Waals surface area contributed by atoms with Crippen LogP contribution in [0.2, 0.25) is 0 Å². The van der Waals surface area contributed by atoms with Crippen molar-refractivity contribution in [3.05, 3.63) is 35.9 Å². The van der Waals surface area contributed by atoms with E-state index in [9.17, 15) is 4.79 Å². The predicted molar refractivity (Wildman–Crippen MR) is 62.8 cm³/mol. The highest BCUT2D eigenvalue weighted by atomic mass is 35.5. The summed E-state index contributed by atoms with van der Waals surface area (Å²) < 4.78 is -1.18. The van der Waals surface area contributed by atoms with Gasteiger partial charge in [-0.2, -0.15) is 0 Å². The number of benzene rings is 1. The number of carbonyl (C=O) groups excluding carboxylic acids is 1. The fourth-order valence-corrected chi connectivity index (χ4v) is 1.65. The van der Waals surface area contributed by atoms with Crippen molar-refractivity contribution in [3.8, 4) is 0 Å². The average molecular weight is 246 g/mol. The lowest BCUT2D eigenvalue weighted by Gasteiger charge is -2.30. The zero-order valence-electron chi connectivity index (χ0n) is 8.71. The lowest BCUT2D eigenvalue weighted by atomic mass is 10.2. The molecular formula is C11H13Cl2NO. The first-order chi connectivity index (χ1) is 6.91. The Morgan fingerprint density at radius 2 is 1.87 bits per heavy atom. The molecule has 0 heterocycles. The second-order valence-corrected chi connectivity index (χ2v) is 5.10. The molecule has 0 fully saturated rings. The van der Waals surface area contributed by atoms with Gasteiger partial charge in [-0.25, -0.2) is 0 Å². The topological polar surface area (TPSA) is 20.3 Å². The number of hydrogen-bond donors (Lipinski definition) is 0. The van der Waals surface area contributed by atoms with E-state index in [2.05, 4.69) is 0 Å². The van der Waals surface area contributed by atoms with Crippen molar-refractivity contribution in [2.75, 3.05) is 0 Å². The Hall–Kier alpha value is -0.730. The molecule has 0 unspecified atom stereocenters. The Morgan fingerprint density at radius 1 is 1.33 bits per heavy atom. The summed E-state index contributed by atoms with van der Waals surface area (Å²) in [6, 6.07) is 9.59. The second kappa shape index (κ2) is 4.86. The van der Waals surface area contributed by atoms with Gasteiger partial charge in [0.05, 0.1) is 0 Å². The van der Waals surface area contributed by atoms with E-state index in [1.165, 1.54) is 11.8 Å². The smallest absolute Gasteiger partial charge is 0.222 e. The fraction of sp³-hybridized carbons (Fsp3) is 0.364. The Morgan fingerprint density at radius 3 is 2.27 bits per heavy atom. The van der Waals surface area contributed by atoms with Crippen molar-refractivity contribution >= 4 is 29.1 Å². The van der Waals surface area contributed by atoms with Gasteiger partial charge in [0.15, 0.2) is 4.46 Å². The number of nitrogens with zero attached hydrogens (tertiary/aromatic N) is 1. The summed E-state index contributed by atoms with van der Waals surface area (Å²) in [4.78, 5) is 12.8. The van der Waals surface area contributed by atoms with Gasteiger partial charge >= 0.3 is 0 Å². The highest BCUT2D eigenvalue weighted by Gasteiger charge is 2.28. The van der Waals surface area contributed by atoms with Crippen LogP contribution in [0.3, 0.4) is 0 Å². The van der Waals surface area contributed by atoms with Gasteiger partial charge in [-0.15, -0.1) is 0 Å². The number of alkyl halides is 2. The van der Waals surface area contributed by atoms with Crippen molar-refractivity contribution in [2.24, 2.45) is 0 Å². The molecule has 0 saturated heterocycles. The summed E-state index contributed by atoms with van der Waals surface area (Å²) in [5, 5.41) is 0. The first kappa shape index (κ1) is 12.3. The van der Waals surface area contributed by atoms with Crippen LogP contribution in [0.1, 0.15) is 19.4 Å². The van der Waals surface area contributed by atoms with E-state index in [-0.39, 0.29) is 5.91 Å². The number of hydrogen-bond acceptors (Lipinski definition) is 1. The van der Waals surface area contributed by atoms with E-state index < -0.39 is 4.46 Å². The van der Waals surface area contributed by atoms with Gasteiger partial charge in [0.2, 0.25) is 5.91 Å². The minimum Gasteiger partial charge on any atom is -0.307 e. The number of halogens is 2. The van der Waals surface area contributed by atoms with Gasteiger partial charge in [-0.3, -0.25) is 4.79 Å². The van der Waals surface area contributed by atoms with Gasteiger partial charge in [-0.1, -0.05) is 53.5 Å². The molecule has 2 nitrogen and oxygen atoms in total. The predicted octanol–water partition coefficient (Wildman–Crippen LogP) is 3.19. The molecule has 82 valence electrons. The third-order valence-electron chi connectivity index (χ3n) is 2.04. The summed E-state index contributed by atoms with van der Waals surface area (Å²) >= 11 is 11.8. The largest absolute Gasteiger partial charge is 0.307 e. The monoisotopic (exact) mass is 245 g/mol. The molecule has 1 amide bonds. The molecule has 0 aliphatic carbocycles. The molecule has 1 rings (SSSR count). The quantitative estimate of drug-likeness (QED) is 0.592. The van der Waals surface area contributed by atoms with Crippen LogP contribution in [-0.4, -0.2) is 15.3 Å². The van der Waals surface area contributed by atoms with Crippen molar-refractivity contribution in [1.29, 1.82) is 0 Å². The fourth-order valence-electron chi connectivity index (χ4n) is 1.29. The molecule has 15 heavy (non-hydrogen) atoms. The molecule has 0 bridgehead atoms. The van der Waals surface area contributed by atoms with E-state index in [0.29, 0.717) is 6.54 Å². The van der Waals surface area contributed by atoms with Crippen LogP contribution < -0.4 is 0 Å². The Bertz CT molecular complexity index is 332. The Balaban J connectivity index is 2.82. The van der Waals surface area contributed by atoms with Crippen LogP contribution in [0, 0.1) is 0 Å². The minimum atomic E-state index is -1.18. The van der Waals surface area contributed by atoms with E-state index in [1.807, 2.05) is 30.3 Å². The molecule has 1 aromatic carbocycles. The lowest BCUT2D eigenvalue weighted by Crippen LogP contribution is -2.40. The second-order valence-electron chi connectivity index (χ2n) is 3.43. The molecule has 0 N–H and O–H groups in total. The van der Waals surface area contributed by atoms with Crippen molar-refractivity contribution in [1.82, 2.24) is 4.90 Å². The molecule has 0 radical (unpaired) electrons. The third kappa shape index (κ3) is 3.73. The van der Waals surface area contributed by atoms with Crippen LogP contribution in [0.5, 0.6) is 0 Å². The van der Waals surface area contributed by atoms with Gasteiger partial charge in [0, 0.05) is 13.5 Å². The van der Waals surface area contributed by atoms with Crippen LogP contribution >= 0.6 is 23.2 Å². The van der Waals surface area contributed by atoms with Crippen LogP contribution in [0.15, 0.2) is 30.3 Å². The molecule has 0 aromatic heterocycles. The number of amides is 1. The maximum atomic E-state index is 11.4. The molecule has 0 aliphatic rings. The lowest BCUT2D eigenvalue weighted by molar-refractivity contribution is -0.130. The van der Waals surface area contributed by atoms with Crippen molar-refractivity contribution in [3.63, 3.8) is 0 Å². The number of rotatable bonds is 3. The van der Waals surface area contributed by atoms with E-state index in [0.717, 1.165) is 5.56 Å². The van der Waals surface area contributed by atoms with Crippen LogP contribution in [0.25, 0.3) is 0 Å². The van der Waals surface area contributed by atoms with Crippen molar-refractivity contribution in [2.45, 2.75) is 24.8 Å². The highest BCUT2D eigenvalue weighted by molar-refractivity contribution is 6.48. The molecule has 0 spiro atoms. The third-order valence-corrected chi connectivity index (χ3v) is 2.45. The minimum absolute atomic E-state index is 0.147. The van der Waals surface area contributed by atoms with E-state index >= 15 is 0 Å². The van der Waals surface area contributed by atoms with Crippen LogP contribution in [0.4, 0.5) is 0 Å². The first-order valence-corrected chi connectivity index (χ1v) is 5.37. The van der Waals surface area contributed by atoms with Gasteiger partial charge in [0.25, 0.3) is 0 Å². The summed E-state index contributed by atoms with van der Waals surface area (Å²) in [5.41, 5.74) is 1.00. The molecule has 0 atom stereocenters. The maximum absolute atomic E-state index is 11.4. The van der Waals surface area contributed by atoms with Crippen LogP contribution in [-0.2, 0) is 11.3 Å². The van der Waals surface area contributed by atoms with Crippen molar-refractivity contribution < 1.29 is 4.79 Å². The number of carbonyl (C=O) groups is 1. The van der Waals surface area contributed by atoms with E-state index in [4.69, 9.17) is 23.2 Å². The average Bonchev–Trinajstić information content (AvgIpc) is 2.13. The summed E-state index contributed by atoms with van der Waals surface area (Å²) in [6.07, 6.45) is 0. The molecule has 1 aromatic rings. The Labute approximate surface area is 99.8 Å². The highest BCUT2D eigenvalue weighted by Crippen LogP contribution is 2.27. The zero-order valence-corrected chi connectivity index (χ0v) is 10.2. The maximum Gasteiger partial charge on any atom is 0.222 e. The molecule has 0 saturated carbocycles. The molecular weight excluding hydrogens is 233 g/mol. The summed E-state index contributed by atoms with van der Waals surface area (Å²) in [7, 11) is 0. The van der Waals surface area contributed by atoms with Gasteiger partial charge in [-0.05, 0) is 12.5 Å². The standard InChI is InChI=1S/C11H13Cl2NO/c1-9(15)14(11(2,12)13)8-10-6-4-3-5-7-10/h3-7H,8H2,1-2H3. The Kier molecular flexibility index (Phi) is 4.00. The van der Waals surface area contributed by atoms with E-state index in [1.54, 1.807) is 6.92 Å². The zero-order chi connectivity index (χ0) is 11.5. The molecule has 4 heteroatoms. The van der Waals surface area contributed by atoms with Gasteiger partial charge in [0.1, 0.15) is 0 Å². The SMILES string of the molecule is CC(=O)N(Cc1ccccc1)C(C)(Cl)Cl. The van der Waals surface area contributed by atoms with Gasteiger partial charge < -0.3 is 4.90 Å². The molecule has 0 aliphatic heterocycles. The first-order valence-electron chi connectivity index (χ1n) is 4.61. The summed E-state index contributed by atoms with van der Waals surface area (Å²) in [5.74, 6) is -0.147. The normalized spacial score (nSPS) is 11.2.